The van der Waals surface area contributed by atoms with Crippen LogP contribution in [0.3, 0.4) is 0 Å². The largest absolute Gasteiger partial charge is 0.480 e. The van der Waals surface area contributed by atoms with E-state index in [9.17, 15) is 13.6 Å². The summed E-state index contributed by atoms with van der Waals surface area (Å²) in [4.78, 5) is 10.6. The van der Waals surface area contributed by atoms with Crippen LogP contribution in [0.25, 0.3) is 11.3 Å². The van der Waals surface area contributed by atoms with Gasteiger partial charge in [0.1, 0.15) is 16.5 Å². The summed E-state index contributed by atoms with van der Waals surface area (Å²) < 4.78 is 35.2. The molecule has 1 aromatic carbocycles. The number of ether oxygens (including phenoxy) is 2. The standard InChI is InChI=1S/C13H9Cl3F2N2O4/c1-20-12(24-13(17)18)10(16)11(19-20)5-2-8(23-4-9(21)22)7(15)3-6(5)14/h2-3,13H,4H2,1H3,(H,21,22). The van der Waals surface area contributed by atoms with Crippen molar-refractivity contribution in [3.63, 3.8) is 0 Å². The number of hydrogen-bond acceptors (Lipinski definition) is 4. The first-order chi connectivity index (χ1) is 11.2. The minimum absolute atomic E-state index is 0.0246. The number of aryl methyl sites for hydroxylation is 1. The topological polar surface area (TPSA) is 73.6 Å². The number of halogens is 5. The van der Waals surface area contributed by atoms with Gasteiger partial charge in [-0.1, -0.05) is 34.8 Å². The summed E-state index contributed by atoms with van der Waals surface area (Å²) in [5, 5.41) is 12.6. The molecule has 2 aromatic rings. The Morgan fingerprint density at radius 3 is 2.58 bits per heavy atom. The molecule has 0 atom stereocenters. The van der Waals surface area contributed by atoms with Crippen LogP contribution in [-0.2, 0) is 11.8 Å². The first-order valence-corrected chi connectivity index (χ1v) is 7.35. The Morgan fingerprint density at radius 2 is 2.00 bits per heavy atom. The smallest absolute Gasteiger partial charge is 0.388 e. The van der Waals surface area contributed by atoms with Crippen LogP contribution in [0, 0.1) is 0 Å². The first kappa shape index (κ1) is 18.6. The van der Waals surface area contributed by atoms with Crippen LogP contribution in [0.4, 0.5) is 8.78 Å². The van der Waals surface area contributed by atoms with Crippen LogP contribution in [0.2, 0.25) is 15.1 Å². The molecule has 0 saturated carbocycles. The molecule has 0 aliphatic heterocycles. The van der Waals surface area contributed by atoms with E-state index < -0.39 is 19.2 Å². The van der Waals surface area contributed by atoms with E-state index in [4.69, 9.17) is 44.6 Å². The highest BCUT2D eigenvalue weighted by Gasteiger charge is 2.23. The number of benzene rings is 1. The normalized spacial score (nSPS) is 11.0. The number of rotatable bonds is 6. The fourth-order valence-electron chi connectivity index (χ4n) is 1.83. The van der Waals surface area contributed by atoms with E-state index in [2.05, 4.69) is 9.84 Å². The van der Waals surface area contributed by atoms with E-state index >= 15 is 0 Å². The van der Waals surface area contributed by atoms with E-state index in [-0.39, 0.29) is 38.0 Å². The molecular weight excluding hydrogens is 393 g/mol. The molecule has 11 heteroatoms. The number of carboxylic acids is 1. The lowest BCUT2D eigenvalue weighted by Crippen LogP contribution is -2.09. The number of carbonyl (C=O) groups is 1. The van der Waals surface area contributed by atoms with Crippen molar-refractivity contribution < 1.29 is 28.2 Å². The van der Waals surface area contributed by atoms with Gasteiger partial charge in [-0.25, -0.2) is 9.48 Å². The molecule has 0 aliphatic carbocycles. The second-order valence-electron chi connectivity index (χ2n) is 4.41. The van der Waals surface area contributed by atoms with Crippen molar-refractivity contribution in [2.75, 3.05) is 6.61 Å². The van der Waals surface area contributed by atoms with E-state index in [0.29, 0.717) is 0 Å². The van der Waals surface area contributed by atoms with Crippen LogP contribution in [0.5, 0.6) is 11.6 Å². The molecule has 0 amide bonds. The SMILES string of the molecule is Cn1nc(-c2cc(OCC(=O)O)c(Cl)cc2Cl)c(Cl)c1OC(F)F. The second kappa shape index (κ2) is 7.42. The maximum atomic E-state index is 12.4. The van der Waals surface area contributed by atoms with Gasteiger partial charge in [-0.15, -0.1) is 0 Å². The molecule has 2 rings (SSSR count). The van der Waals surface area contributed by atoms with E-state index in [1.807, 2.05) is 0 Å². The van der Waals surface area contributed by atoms with Crippen LogP contribution < -0.4 is 9.47 Å². The lowest BCUT2D eigenvalue weighted by molar-refractivity contribution is -0.139. The number of aliphatic carboxylic acids is 1. The molecule has 1 N–H and O–H groups in total. The van der Waals surface area contributed by atoms with Crippen molar-refractivity contribution in [2.45, 2.75) is 6.61 Å². The molecule has 0 fully saturated rings. The second-order valence-corrected chi connectivity index (χ2v) is 5.61. The van der Waals surface area contributed by atoms with Crippen LogP contribution >= 0.6 is 34.8 Å². The number of hydrogen-bond donors (Lipinski definition) is 1. The quantitative estimate of drug-likeness (QED) is 0.788. The van der Waals surface area contributed by atoms with E-state index in [1.54, 1.807) is 0 Å². The average molecular weight is 402 g/mol. The summed E-state index contributed by atoms with van der Waals surface area (Å²) in [6, 6.07) is 2.61. The Kier molecular flexibility index (Phi) is 5.74. The molecule has 0 saturated heterocycles. The Morgan fingerprint density at radius 1 is 1.33 bits per heavy atom. The number of carboxylic acid groups (broad SMARTS) is 1. The zero-order chi connectivity index (χ0) is 18.0. The summed E-state index contributed by atoms with van der Waals surface area (Å²) in [6.45, 7) is -3.71. The van der Waals surface area contributed by atoms with Gasteiger partial charge < -0.3 is 14.6 Å². The highest BCUT2D eigenvalue weighted by molar-refractivity contribution is 6.39. The van der Waals surface area contributed by atoms with Crippen LogP contribution in [0.15, 0.2) is 12.1 Å². The Balaban J connectivity index is 2.48. The third kappa shape index (κ3) is 4.00. The van der Waals surface area contributed by atoms with Crippen molar-refractivity contribution in [3.05, 3.63) is 27.2 Å². The number of aromatic nitrogens is 2. The summed E-state index contributed by atoms with van der Waals surface area (Å²) >= 11 is 18.0. The van der Waals surface area contributed by atoms with Gasteiger partial charge in [-0.2, -0.15) is 13.9 Å². The van der Waals surface area contributed by atoms with Gasteiger partial charge in [-0.3, -0.25) is 0 Å². The van der Waals surface area contributed by atoms with Gasteiger partial charge in [0.15, 0.2) is 6.61 Å². The van der Waals surface area contributed by atoms with Gasteiger partial charge in [0, 0.05) is 12.6 Å². The number of nitrogens with zero attached hydrogens (tertiary/aromatic N) is 2. The molecule has 1 aromatic heterocycles. The summed E-state index contributed by atoms with van der Waals surface area (Å²) in [7, 11) is 1.36. The van der Waals surface area contributed by atoms with E-state index in [1.165, 1.54) is 19.2 Å². The lowest BCUT2D eigenvalue weighted by atomic mass is 10.1. The summed E-state index contributed by atoms with van der Waals surface area (Å²) in [6.07, 6.45) is 0. The van der Waals surface area contributed by atoms with Crippen molar-refractivity contribution in [1.29, 1.82) is 0 Å². The zero-order valence-electron chi connectivity index (χ0n) is 11.9. The Labute approximate surface area is 149 Å². The minimum atomic E-state index is -3.08. The Hall–Kier alpha value is -1.77. The summed E-state index contributed by atoms with van der Waals surface area (Å²) in [5.41, 5.74) is 0.267. The highest BCUT2D eigenvalue weighted by Crippen LogP contribution is 2.42. The average Bonchev–Trinajstić information content (AvgIpc) is 2.74. The summed E-state index contributed by atoms with van der Waals surface area (Å²) in [5.74, 6) is -1.52. The van der Waals surface area contributed by atoms with Gasteiger partial charge >= 0.3 is 12.6 Å². The molecule has 0 radical (unpaired) electrons. The fraction of sp³-hybridized carbons (Fsp3) is 0.231. The third-order valence-corrected chi connectivity index (χ3v) is 3.72. The molecule has 0 spiro atoms. The van der Waals surface area contributed by atoms with Gasteiger partial charge in [0.25, 0.3) is 0 Å². The lowest BCUT2D eigenvalue weighted by Gasteiger charge is -2.09. The molecule has 6 nitrogen and oxygen atoms in total. The highest BCUT2D eigenvalue weighted by atomic mass is 35.5. The zero-order valence-corrected chi connectivity index (χ0v) is 14.2. The maximum absolute atomic E-state index is 12.4. The maximum Gasteiger partial charge on any atom is 0.388 e. The molecule has 0 bridgehead atoms. The first-order valence-electron chi connectivity index (χ1n) is 6.22. The third-order valence-electron chi connectivity index (χ3n) is 2.77. The van der Waals surface area contributed by atoms with Crippen LogP contribution in [-0.4, -0.2) is 34.1 Å². The molecule has 0 unspecified atom stereocenters. The molecule has 130 valence electrons. The van der Waals surface area contributed by atoms with Crippen LogP contribution in [0.1, 0.15) is 0 Å². The predicted molar refractivity (Wildman–Crippen MR) is 83.4 cm³/mol. The molecule has 0 aliphatic rings. The van der Waals surface area contributed by atoms with Crippen molar-refractivity contribution in [2.24, 2.45) is 7.05 Å². The van der Waals surface area contributed by atoms with Crippen molar-refractivity contribution in [1.82, 2.24) is 9.78 Å². The van der Waals surface area contributed by atoms with Gasteiger partial charge in [-0.05, 0) is 12.1 Å². The van der Waals surface area contributed by atoms with Crippen molar-refractivity contribution >= 4 is 40.8 Å². The predicted octanol–water partition coefficient (Wildman–Crippen LogP) is 4.11. The van der Waals surface area contributed by atoms with E-state index in [0.717, 1.165) is 4.68 Å². The Bertz CT molecular complexity index is 783. The van der Waals surface area contributed by atoms with Gasteiger partial charge in [0.2, 0.25) is 5.88 Å². The molecule has 24 heavy (non-hydrogen) atoms. The monoisotopic (exact) mass is 400 g/mol. The molecule has 1 heterocycles. The minimum Gasteiger partial charge on any atom is -0.480 e. The van der Waals surface area contributed by atoms with Gasteiger partial charge in [0.05, 0.1) is 10.0 Å². The number of alkyl halides is 2. The molecular formula is C13H9Cl3F2N2O4. The van der Waals surface area contributed by atoms with Crippen molar-refractivity contribution in [3.8, 4) is 22.9 Å². The fourth-order valence-corrected chi connectivity index (χ4v) is 2.66.